The third-order valence-corrected chi connectivity index (χ3v) is 5.01. The van der Waals surface area contributed by atoms with Crippen LogP contribution in [0.25, 0.3) is 0 Å². The number of carbonyl (C=O) groups is 1. The molecular formula is C16H25N2OS+. The Kier molecular flexibility index (Phi) is 5.11. The molecule has 0 spiro atoms. The van der Waals surface area contributed by atoms with E-state index >= 15 is 0 Å². The van der Waals surface area contributed by atoms with Crippen LogP contribution < -0.4 is 5.32 Å². The second kappa shape index (κ2) is 6.64. The Morgan fingerprint density at radius 3 is 2.55 bits per heavy atom. The van der Waals surface area contributed by atoms with Crippen molar-refractivity contribution in [1.29, 1.82) is 0 Å². The summed E-state index contributed by atoms with van der Waals surface area (Å²) in [7, 11) is 0. The summed E-state index contributed by atoms with van der Waals surface area (Å²) in [5.41, 5.74) is 2.50. The fraction of sp³-hybridized carbons (Fsp3) is 0.562. The average molecular weight is 293 g/mol. The first-order valence-electron chi connectivity index (χ1n) is 7.35. The highest BCUT2D eigenvalue weighted by molar-refractivity contribution is 8.01. The Balaban J connectivity index is 2.09. The topological polar surface area (TPSA) is 36.9 Å². The maximum Gasteiger partial charge on any atom is 0.236 e. The molecule has 1 aromatic carbocycles. The summed E-state index contributed by atoms with van der Waals surface area (Å²) in [5.74, 6) is 0.276. The van der Waals surface area contributed by atoms with Crippen LogP contribution in [-0.4, -0.2) is 35.2 Å². The highest BCUT2D eigenvalue weighted by Crippen LogP contribution is 2.42. The van der Waals surface area contributed by atoms with Crippen molar-refractivity contribution in [3.05, 3.63) is 35.4 Å². The summed E-state index contributed by atoms with van der Waals surface area (Å²) in [6.45, 7) is 10.3. The molecule has 110 valence electrons. The summed E-state index contributed by atoms with van der Waals surface area (Å²) < 4.78 is 0. The molecule has 20 heavy (non-hydrogen) atoms. The van der Waals surface area contributed by atoms with E-state index in [1.165, 1.54) is 11.1 Å². The molecule has 0 bridgehead atoms. The van der Waals surface area contributed by atoms with Crippen LogP contribution in [0.3, 0.4) is 0 Å². The minimum atomic E-state index is 0.0698. The molecule has 0 saturated carbocycles. The molecule has 2 N–H and O–H groups in total. The lowest BCUT2D eigenvalue weighted by Gasteiger charge is -2.24. The Hall–Kier alpha value is -1.00. The maximum absolute atomic E-state index is 12.3. The Bertz CT molecular complexity index is 458. The first-order valence-corrected chi connectivity index (χ1v) is 8.29. The normalized spacial score (nSPS) is 22.9. The highest BCUT2D eigenvalue weighted by Gasteiger charge is 2.38. The molecule has 3 nitrogen and oxygen atoms in total. The van der Waals surface area contributed by atoms with Gasteiger partial charge in [0.1, 0.15) is 5.37 Å². The van der Waals surface area contributed by atoms with E-state index in [0.717, 1.165) is 13.1 Å². The van der Waals surface area contributed by atoms with Crippen molar-refractivity contribution in [3.63, 3.8) is 0 Å². The van der Waals surface area contributed by atoms with E-state index < -0.39 is 0 Å². The fourth-order valence-corrected chi connectivity index (χ4v) is 3.75. The number of rotatable bonds is 5. The van der Waals surface area contributed by atoms with Crippen molar-refractivity contribution in [2.24, 2.45) is 0 Å². The number of quaternary nitrogens is 1. The van der Waals surface area contributed by atoms with E-state index in [1.807, 2.05) is 11.8 Å². The predicted octanol–water partition coefficient (Wildman–Crippen LogP) is 1.93. The zero-order valence-electron chi connectivity index (χ0n) is 12.8. The van der Waals surface area contributed by atoms with Crippen LogP contribution in [0, 0.1) is 6.92 Å². The minimum absolute atomic E-state index is 0.0698. The third kappa shape index (κ3) is 3.55. The SMILES string of the molecule is Cc1ccc([C@H]2S[C@H](C)C(=O)N2CC[NH2+]C(C)C)cc1. The maximum atomic E-state index is 12.3. The molecule has 1 heterocycles. The number of hydrogen-bond acceptors (Lipinski definition) is 2. The molecule has 2 atom stereocenters. The Morgan fingerprint density at radius 2 is 1.95 bits per heavy atom. The van der Waals surface area contributed by atoms with Crippen molar-refractivity contribution < 1.29 is 10.1 Å². The smallest absolute Gasteiger partial charge is 0.236 e. The monoisotopic (exact) mass is 293 g/mol. The first-order chi connectivity index (χ1) is 9.49. The predicted molar refractivity (Wildman–Crippen MR) is 84.6 cm³/mol. The fourth-order valence-electron chi connectivity index (χ4n) is 2.44. The molecule has 1 aromatic rings. The quantitative estimate of drug-likeness (QED) is 0.900. The second-order valence-corrected chi connectivity index (χ2v) is 7.27. The molecule has 4 heteroatoms. The van der Waals surface area contributed by atoms with Crippen LogP contribution in [-0.2, 0) is 4.79 Å². The summed E-state index contributed by atoms with van der Waals surface area (Å²) in [5, 5.41) is 2.53. The van der Waals surface area contributed by atoms with E-state index in [9.17, 15) is 4.79 Å². The number of aryl methyl sites for hydroxylation is 1. The van der Waals surface area contributed by atoms with Crippen LogP contribution in [0.5, 0.6) is 0 Å². The number of benzene rings is 1. The average Bonchev–Trinajstić information content (AvgIpc) is 2.67. The van der Waals surface area contributed by atoms with E-state index in [4.69, 9.17) is 0 Å². The van der Waals surface area contributed by atoms with Gasteiger partial charge in [-0.2, -0.15) is 0 Å². The van der Waals surface area contributed by atoms with E-state index in [0.29, 0.717) is 6.04 Å². The van der Waals surface area contributed by atoms with Gasteiger partial charge in [0, 0.05) is 0 Å². The molecule has 1 fully saturated rings. The van der Waals surface area contributed by atoms with Gasteiger partial charge in [-0.15, -0.1) is 11.8 Å². The molecule has 0 aliphatic carbocycles. The van der Waals surface area contributed by atoms with Gasteiger partial charge in [-0.05, 0) is 33.3 Å². The van der Waals surface area contributed by atoms with Crippen molar-refractivity contribution in [3.8, 4) is 0 Å². The van der Waals surface area contributed by atoms with Crippen molar-refractivity contribution in [2.45, 2.75) is 44.4 Å². The van der Waals surface area contributed by atoms with Gasteiger partial charge in [0.25, 0.3) is 0 Å². The summed E-state index contributed by atoms with van der Waals surface area (Å²) in [4.78, 5) is 14.4. The van der Waals surface area contributed by atoms with Crippen LogP contribution in [0.1, 0.15) is 37.3 Å². The van der Waals surface area contributed by atoms with Gasteiger partial charge < -0.3 is 10.2 Å². The van der Waals surface area contributed by atoms with Gasteiger partial charge in [0.05, 0.1) is 24.4 Å². The summed E-state index contributed by atoms with van der Waals surface area (Å²) >= 11 is 1.76. The number of nitrogens with zero attached hydrogens (tertiary/aromatic N) is 1. The van der Waals surface area contributed by atoms with Gasteiger partial charge in [-0.1, -0.05) is 29.8 Å². The van der Waals surface area contributed by atoms with Crippen LogP contribution in [0.15, 0.2) is 24.3 Å². The van der Waals surface area contributed by atoms with Gasteiger partial charge in [0.15, 0.2) is 0 Å². The van der Waals surface area contributed by atoms with E-state index in [-0.39, 0.29) is 16.5 Å². The first kappa shape index (κ1) is 15.4. The third-order valence-electron chi connectivity index (χ3n) is 3.62. The van der Waals surface area contributed by atoms with Crippen molar-refractivity contribution >= 4 is 17.7 Å². The number of thioether (sulfide) groups is 1. The van der Waals surface area contributed by atoms with Gasteiger partial charge in [-0.25, -0.2) is 0 Å². The number of hydrogen-bond donors (Lipinski definition) is 1. The standard InChI is InChI=1S/C16H24N2OS/c1-11(2)17-9-10-18-15(19)13(4)20-16(18)14-7-5-12(3)6-8-14/h5-8,11,13,16-17H,9-10H2,1-4H3/p+1/t13-,16-/m1/s1. The second-order valence-electron chi connectivity index (χ2n) is 5.84. The van der Waals surface area contributed by atoms with Crippen molar-refractivity contribution in [1.82, 2.24) is 4.90 Å². The lowest BCUT2D eigenvalue weighted by molar-refractivity contribution is -0.682. The lowest BCUT2D eigenvalue weighted by Crippen LogP contribution is -2.89. The van der Waals surface area contributed by atoms with Crippen LogP contribution >= 0.6 is 11.8 Å². The number of carbonyl (C=O) groups excluding carboxylic acids is 1. The summed E-state index contributed by atoms with van der Waals surface area (Å²) in [6, 6.07) is 9.13. The molecule has 1 amide bonds. The molecule has 1 aliphatic rings. The summed E-state index contributed by atoms with van der Waals surface area (Å²) in [6.07, 6.45) is 0. The van der Waals surface area contributed by atoms with Gasteiger partial charge >= 0.3 is 0 Å². The molecule has 0 radical (unpaired) electrons. The number of nitrogens with two attached hydrogens (primary N) is 1. The molecular weight excluding hydrogens is 268 g/mol. The lowest BCUT2D eigenvalue weighted by atomic mass is 10.1. The zero-order chi connectivity index (χ0) is 14.7. The highest BCUT2D eigenvalue weighted by atomic mass is 32.2. The van der Waals surface area contributed by atoms with Crippen LogP contribution in [0.2, 0.25) is 0 Å². The van der Waals surface area contributed by atoms with Crippen LogP contribution in [0.4, 0.5) is 0 Å². The van der Waals surface area contributed by atoms with Gasteiger partial charge in [0.2, 0.25) is 5.91 Å². The van der Waals surface area contributed by atoms with Crippen molar-refractivity contribution in [2.75, 3.05) is 13.1 Å². The van der Waals surface area contributed by atoms with Gasteiger partial charge in [-0.3, -0.25) is 4.79 Å². The Morgan fingerprint density at radius 1 is 1.30 bits per heavy atom. The van der Waals surface area contributed by atoms with E-state index in [2.05, 4.69) is 50.4 Å². The molecule has 1 saturated heterocycles. The minimum Gasteiger partial charge on any atom is -0.343 e. The molecule has 0 unspecified atom stereocenters. The molecule has 0 aromatic heterocycles. The molecule has 2 rings (SSSR count). The largest absolute Gasteiger partial charge is 0.343 e. The Labute approximate surface area is 126 Å². The van der Waals surface area contributed by atoms with E-state index in [1.54, 1.807) is 11.8 Å². The zero-order valence-corrected chi connectivity index (χ0v) is 13.6. The number of amides is 1. The molecule has 1 aliphatic heterocycles.